The van der Waals surface area contributed by atoms with Crippen molar-refractivity contribution in [3.8, 4) is 22.3 Å². The molecule has 0 aliphatic carbocycles. The molecule has 280 valence electrons. The second-order valence-electron chi connectivity index (χ2n) is 13.3. The summed E-state index contributed by atoms with van der Waals surface area (Å²) in [6.07, 6.45) is 4.71. The molecule has 0 aliphatic rings. The molecule has 0 bridgehead atoms. The number of hydrogen-bond donors (Lipinski definition) is 1. The van der Waals surface area contributed by atoms with E-state index in [-0.39, 0.29) is 22.7 Å². The van der Waals surface area contributed by atoms with Gasteiger partial charge in [-0.3, -0.25) is 9.59 Å². The minimum Gasteiger partial charge on any atom is -0.478 e. The predicted molar refractivity (Wildman–Crippen MR) is 226 cm³/mol. The van der Waals surface area contributed by atoms with E-state index in [1.807, 2.05) is 72.8 Å². The minimum atomic E-state index is -0.934. The highest BCUT2D eigenvalue weighted by atomic mass is 32.1. The van der Waals surface area contributed by atoms with Gasteiger partial charge in [0.25, 0.3) is 11.1 Å². The zero-order chi connectivity index (χ0) is 39.3. The van der Waals surface area contributed by atoms with Crippen LogP contribution >= 0.6 is 22.7 Å². The summed E-state index contributed by atoms with van der Waals surface area (Å²) in [7, 11) is 3.52. The Balaban J connectivity index is 0.000000172. The number of carbonyl (C=O) groups is 2. The second kappa shape index (κ2) is 16.6. The van der Waals surface area contributed by atoms with Gasteiger partial charge < -0.3 is 19.0 Å². The van der Waals surface area contributed by atoms with Crippen LogP contribution in [0.15, 0.2) is 143 Å². The first-order chi connectivity index (χ1) is 27.1. The van der Waals surface area contributed by atoms with Gasteiger partial charge in [-0.25, -0.2) is 9.59 Å². The number of thiophene rings is 2. The lowest BCUT2D eigenvalue weighted by molar-refractivity contribution is 0.0526. The van der Waals surface area contributed by atoms with Gasteiger partial charge in [-0.1, -0.05) is 72.8 Å². The molecule has 10 heteroatoms. The number of hydrogen-bond acceptors (Lipinski definition) is 7. The molecule has 0 unspecified atom stereocenters. The first-order valence-corrected chi connectivity index (χ1v) is 19.7. The van der Waals surface area contributed by atoms with Crippen molar-refractivity contribution >= 4 is 54.8 Å². The number of nitrogens with zero attached hydrogens (tertiary/aromatic N) is 2. The Bertz CT molecular complexity index is 2860. The van der Waals surface area contributed by atoms with E-state index in [2.05, 4.69) is 24.3 Å². The van der Waals surface area contributed by atoms with Gasteiger partial charge >= 0.3 is 11.9 Å². The Kier molecular flexibility index (Phi) is 11.2. The number of pyridine rings is 2. The lowest BCUT2D eigenvalue weighted by Crippen LogP contribution is -2.19. The molecule has 56 heavy (non-hydrogen) atoms. The van der Waals surface area contributed by atoms with Gasteiger partial charge in [0, 0.05) is 69.6 Å². The van der Waals surface area contributed by atoms with Crippen molar-refractivity contribution in [2.75, 3.05) is 6.61 Å². The van der Waals surface area contributed by atoms with E-state index in [4.69, 9.17) is 4.74 Å². The van der Waals surface area contributed by atoms with Gasteiger partial charge in [-0.2, -0.15) is 0 Å². The molecule has 1 N–H and O–H groups in total. The molecule has 4 aromatic heterocycles. The van der Waals surface area contributed by atoms with E-state index in [0.717, 1.165) is 63.3 Å². The molecule has 0 radical (unpaired) electrons. The number of ether oxygens (including phenoxy) is 1. The molecule has 0 amide bonds. The fourth-order valence-corrected chi connectivity index (χ4v) is 9.09. The Labute approximate surface area is 331 Å². The zero-order valence-corrected chi connectivity index (χ0v) is 32.7. The van der Waals surface area contributed by atoms with Crippen LogP contribution in [0.25, 0.3) is 42.4 Å². The van der Waals surface area contributed by atoms with E-state index < -0.39 is 5.97 Å². The fourth-order valence-electron chi connectivity index (χ4n) is 6.66. The number of aryl methyl sites for hydroxylation is 2. The van der Waals surface area contributed by atoms with E-state index in [9.17, 15) is 24.3 Å². The predicted octanol–water partition coefficient (Wildman–Crippen LogP) is 9.59. The van der Waals surface area contributed by atoms with E-state index in [0.29, 0.717) is 25.0 Å². The van der Waals surface area contributed by atoms with Crippen molar-refractivity contribution in [1.82, 2.24) is 9.13 Å². The Morgan fingerprint density at radius 1 is 0.607 bits per heavy atom. The third-order valence-electron chi connectivity index (χ3n) is 9.43. The largest absolute Gasteiger partial charge is 0.478 e. The number of esters is 1. The highest BCUT2D eigenvalue weighted by Gasteiger charge is 2.14. The van der Waals surface area contributed by atoms with Crippen LogP contribution in [-0.4, -0.2) is 32.8 Å². The summed E-state index contributed by atoms with van der Waals surface area (Å²) in [5, 5.41) is 11.5. The Hall–Kier alpha value is -6.36. The highest BCUT2D eigenvalue weighted by molar-refractivity contribution is 7.20. The summed E-state index contributed by atoms with van der Waals surface area (Å²) in [6.45, 7) is 2.15. The van der Waals surface area contributed by atoms with Gasteiger partial charge in [0.2, 0.25) is 0 Å². The molecule has 0 saturated carbocycles. The monoisotopic (exact) mass is 778 g/mol. The maximum atomic E-state index is 12.4. The average molecular weight is 779 g/mol. The topological polar surface area (TPSA) is 108 Å². The molecule has 8 aromatic rings. The molecule has 0 spiro atoms. The van der Waals surface area contributed by atoms with Gasteiger partial charge in [0.15, 0.2) is 0 Å². The molecule has 0 saturated heterocycles. The molecular formula is C46H38N2O6S2. The van der Waals surface area contributed by atoms with Crippen LogP contribution in [-0.2, 0) is 31.7 Å². The lowest BCUT2D eigenvalue weighted by atomic mass is 10.0. The standard InChI is InChI=1S/C24H21NO3S.C22H17NO3S/c1-3-28-24(27)19-9-4-7-16(13-19)21-11-5-8-17-14-20(29-22(17)21)15-18-10-6-12-25(2)23(18)26;1-23-10-4-8-16(21(23)24)13-18-12-15-6-3-9-19(20(15)27-18)14-5-2-7-17(11-14)22(25)26/h4-14H,3,15H2,1-2H3;2-12H,13H2,1H3,(H,25,26). The van der Waals surface area contributed by atoms with Crippen LogP contribution in [0.4, 0.5) is 0 Å². The smallest absolute Gasteiger partial charge is 0.338 e. The van der Waals surface area contributed by atoms with Crippen LogP contribution in [0.5, 0.6) is 0 Å². The maximum absolute atomic E-state index is 12.4. The van der Waals surface area contributed by atoms with E-state index >= 15 is 0 Å². The molecular weight excluding hydrogens is 741 g/mol. The van der Waals surface area contributed by atoms with Gasteiger partial charge in [0.1, 0.15) is 0 Å². The van der Waals surface area contributed by atoms with Crippen LogP contribution in [0.2, 0.25) is 0 Å². The number of aromatic carboxylic acids is 1. The zero-order valence-electron chi connectivity index (χ0n) is 31.0. The third-order valence-corrected chi connectivity index (χ3v) is 11.8. The van der Waals surface area contributed by atoms with Crippen molar-refractivity contribution in [3.63, 3.8) is 0 Å². The van der Waals surface area contributed by atoms with Crippen LogP contribution in [0, 0.1) is 0 Å². The normalized spacial score (nSPS) is 11.0. The number of carboxylic acid groups (broad SMARTS) is 1. The fraction of sp³-hybridized carbons (Fsp3) is 0.130. The number of aromatic nitrogens is 2. The maximum Gasteiger partial charge on any atom is 0.338 e. The van der Waals surface area contributed by atoms with Crippen LogP contribution < -0.4 is 11.1 Å². The summed E-state index contributed by atoms with van der Waals surface area (Å²) in [4.78, 5) is 50.3. The van der Waals surface area contributed by atoms with Crippen molar-refractivity contribution in [2.45, 2.75) is 19.8 Å². The Morgan fingerprint density at radius 2 is 1.07 bits per heavy atom. The summed E-state index contributed by atoms with van der Waals surface area (Å²) >= 11 is 3.34. The quantitative estimate of drug-likeness (QED) is 0.146. The summed E-state index contributed by atoms with van der Waals surface area (Å²) < 4.78 is 10.6. The second-order valence-corrected chi connectivity index (χ2v) is 15.6. The SMILES string of the molecule is CCOC(=O)c1cccc(-c2cccc3cc(Cc4cccn(C)c4=O)sc23)c1.Cn1cccc(Cc2cc3cccc(-c4cccc(C(=O)O)c4)c3s2)c1=O. The molecule has 8 rings (SSSR count). The van der Waals surface area contributed by atoms with E-state index in [1.54, 1.807) is 89.5 Å². The summed E-state index contributed by atoms with van der Waals surface area (Å²) in [6, 6.07) is 38.5. The number of rotatable bonds is 9. The molecule has 0 fully saturated rings. The lowest BCUT2D eigenvalue weighted by Gasteiger charge is -2.06. The van der Waals surface area contributed by atoms with Crippen molar-refractivity contribution < 1.29 is 19.4 Å². The van der Waals surface area contributed by atoms with E-state index in [1.165, 1.54) is 0 Å². The highest BCUT2D eigenvalue weighted by Crippen LogP contribution is 2.37. The number of benzene rings is 4. The molecule has 4 aromatic carbocycles. The summed E-state index contributed by atoms with van der Waals surface area (Å²) in [5.74, 6) is -1.25. The first kappa shape index (κ1) is 37.9. The van der Waals surface area contributed by atoms with Crippen molar-refractivity contribution in [1.29, 1.82) is 0 Å². The van der Waals surface area contributed by atoms with Crippen molar-refractivity contribution in [3.05, 3.63) is 186 Å². The number of carbonyl (C=O) groups excluding carboxylic acids is 1. The van der Waals surface area contributed by atoms with Crippen LogP contribution in [0.3, 0.4) is 0 Å². The average Bonchev–Trinajstić information content (AvgIpc) is 3.82. The number of fused-ring (bicyclic) bond motifs is 2. The van der Waals surface area contributed by atoms with Gasteiger partial charge in [0.05, 0.1) is 17.7 Å². The molecule has 4 heterocycles. The molecule has 8 nitrogen and oxygen atoms in total. The van der Waals surface area contributed by atoms with Gasteiger partial charge in [-0.05, 0) is 88.5 Å². The molecule has 0 aliphatic heterocycles. The first-order valence-electron chi connectivity index (χ1n) is 18.0. The molecule has 0 atom stereocenters. The third kappa shape index (κ3) is 8.17. The van der Waals surface area contributed by atoms with Gasteiger partial charge in [-0.15, -0.1) is 22.7 Å². The van der Waals surface area contributed by atoms with Crippen molar-refractivity contribution in [2.24, 2.45) is 14.1 Å². The van der Waals surface area contributed by atoms with Crippen LogP contribution in [0.1, 0.15) is 48.5 Å². The summed E-state index contributed by atoms with van der Waals surface area (Å²) in [5.41, 5.74) is 6.36. The minimum absolute atomic E-state index is 0.0179. The Morgan fingerprint density at radius 3 is 1.55 bits per heavy atom. The number of carboxylic acids is 1.